The van der Waals surface area contributed by atoms with Crippen molar-refractivity contribution in [3.8, 4) is 0 Å². The van der Waals surface area contributed by atoms with E-state index >= 15 is 0 Å². The third-order valence-corrected chi connectivity index (χ3v) is 5.77. The predicted molar refractivity (Wildman–Crippen MR) is 115 cm³/mol. The molecule has 1 aliphatic rings. The molecule has 0 fully saturated rings. The highest BCUT2D eigenvalue weighted by Crippen LogP contribution is 2.33. The molecule has 0 bridgehead atoms. The van der Waals surface area contributed by atoms with Crippen LogP contribution in [-0.2, 0) is 14.3 Å². The average Bonchev–Trinajstić information content (AvgIpc) is 3.15. The van der Waals surface area contributed by atoms with E-state index in [1.54, 1.807) is 19.1 Å². The molecular weight excluding hydrogens is 459 g/mol. The fourth-order valence-corrected chi connectivity index (χ4v) is 3.92. The first-order chi connectivity index (χ1) is 14.0. The number of nitrogens with zero attached hydrogens (tertiary/aromatic N) is 2. The molecule has 2 aromatic rings. The average molecular weight is 479 g/mol. The number of thioether (sulfide) groups is 1. The van der Waals surface area contributed by atoms with Gasteiger partial charge in [0.1, 0.15) is 5.82 Å². The van der Waals surface area contributed by atoms with Crippen molar-refractivity contribution in [2.45, 2.75) is 19.4 Å². The summed E-state index contributed by atoms with van der Waals surface area (Å²) in [5, 5.41) is 6.01. The summed E-state index contributed by atoms with van der Waals surface area (Å²) in [6.45, 7) is 2.05. The summed E-state index contributed by atoms with van der Waals surface area (Å²) < 4.78 is 19.2. The standard InChI is InChI=1S/C21H20BrFN2O3S/c1-2-28-21(27)13-29-12-20(26)25-19(15-5-9-17(23)10-6-15)11-18(24-25)14-3-7-16(22)8-4-14/h3-10,19H,2,11-13H2,1H3/t19-/m0/s1. The van der Waals surface area contributed by atoms with Gasteiger partial charge in [-0.2, -0.15) is 5.10 Å². The van der Waals surface area contributed by atoms with E-state index in [0.717, 1.165) is 21.3 Å². The van der Waals surface area contributed by atoms with Gasteiger partial charge in [0.05, 0.1) is 29.9 Å². The number of hydrogen-bond acceptors (Lipinski definition) is 5. The molecule has 1 aliphatic heterocycles. The van der Waals surface area contributed by atoms with Crippen molar-refractivity contribution in [2.75, 3.05) is 18.1 Å². The van der Waals surface area contributed by atoms with Crippen molar-refractivity contribution < 1.29 is 18.7 Å². The molecule has 3 rings (SSSR count). The lowest BCUT2D eigenvalue weighted by molar-refractivity contribution is -0.139. The zero-order valence-corrected chi connectivity index (χ0v) is 18.2. The normalized spacial score (nSPS) is 15.9. The first kappa shape index (κ1) is 21.5. The number of ether oxygens (including phenoxy) is 1. The summed E-state index contributed by atoms with van der Waals surface area (Å²) in [7, 11) is 0. The molecule has 2 aromatic carbocycles. The maximum Gasteiger partial charge on any atom is 0.315 e. The molecule has 0 saturated heterocycles. The minimum atomic E-state index is -0.346. The molecule has 29 heavy (non-hydrogen) atoms. The summed E-state index contributed by atoms with van der Waals surface area (Å²) in [6, 6.07) is 13.5. The Kier molecular flexibility index (Phi) is 7.44. The quantitative estimate of drug-likeness (QED) is 0.547. The van der Waals surface area contributed by atoms with Gasteiger partial charge in [-0.05, 0) is 42.3 Å². The van der Waals surface area contributed by atoms with Crippen molar-refractivity contribution in [2.24, 2.45) is 5.10 Å². The molecule has 1 amide bonds. The first-order valence-electron chi connectivity index (χ1n) is 9.12. The molecule has 0 spiro atoms. The van der Waals surface area contributed by atoms with E-state index in [9.17, 15) is 14.0 Å². The Bertz CT molecular complexity index is 903. The lowest BCUT2D eigenvalue weighted by Gasteiger charge is -2.22. The topological polar surface area (TPSA) is 59.0 Å². The monoisotopic (exact) mass is 478 g/mol. The Labute approximate surface area is 181 Å². The maximum atomic E-state index is 13.4. The second-order valence-electron chi connectivity index (χ2n) is 6.36. The van der Waals surface area contributed by atoms with Crippen LogP contribution in [-0.4, -0.2) is 40.7 Å². The summed E-state index contributed by atoms with van der Waals surface area (Å²) in [5.41, 5.74) is 2.52. The molecule has 152 valence electrons. The third kappa shape index (κ3) is 5.67. The lowest BCUT2D eigenvalue weighted by atomic mass is 9.98. The SMILES string of the molecule is CCOC(=O)CSCC(=O)N1N=C(c2ccc(Br)cc2)C[C@H]1c1ccc(F)cc1. The number of hydrazone groups is 1. The molecule has 5 nitrogen and oxygen atoms in total. The van der Waals surface area contributed by atoms with E-state index in [1.165, 1.54) is 28.9 Å². The van der Waals surface area contributed by atoms with Gasteiger partial charge in [0, 0.05) is 10.9 Å². The molecular formula is C21H20BrFN2O3S. The number of carbonyl (C=O) groups excluding carboxylic acids is 2. The fourth-order valence-electron chi connectivity index (χ4n) is 2.99. The van der Waals surface area contributed by atoms with Crippen molar-refractivity contribution in [1.29, 1.82) is 0 Å². The van der Waals surface area contributed by atoms with Gasteiger partial charge >= 0.3 is 5.97 Å². The van der Waals surface area contributed by atoms with Gasteiger partial charge in [-0.1, -0.05) is 40.2 Å². The van der Waals surface area contributed by atoms with E-state index in [4.69, 9.17) is 4.74 Å². The number of halogens is 2. The number of esters is 1. The zero-order chi connectivity index (χ0) is 20.8. The minimum Gasteiger partial charge on any atom is -0.465 e. The minimum absolute atomic E-state index is 0.105. The molecule has 0 saturated carbocycles. The van der Waals surface area contributed by atoms with Gasteiger partial charge in [-0.25, -0.2) is 9.40 Å². The lowest BCUT2D eigenvalue weighted by Crippen LogP contribution is -2.29. The Hall–Kier alpha value is -2.19. The highest BCUT2D eigenvalue weighted by atomic mass is 79.9. The molecule has 0 aromatic heterocycles. The van der Waals surface area contributed by atoms with Crippen molar-refractivity contribution in [3.63, 3.8) is 0 Å². The highest BCUT2D eigenvalue weighted by Gasteiger charge is 2.33. The third-order valence-electron chi connectivity index (χ3n) is 4.35. The molecule has 0 radical (unpaired) electrons. The first-order valence-corrected chi connectivity index (χ1v) is 11.1. The van der Waals surface area contributed by atoms with Crippen LogP contribution in [0.15, 0.2) is 58.1 Å². The largest absolute Gasteiger partial charge is 0.465 e. The Morgan fingerprint density at radius 3 is 2.52 bits per heavy atom. The Morgan fingerprint density at radius 1 is 1.17 bits per heavy atom. The van der Waals surface area contributed by atoms with Crippen LogP contribution in [0.4, 0.5) is 4.39 Å². The number of rotatable bonds is 7. The zero-order valence-electron chi connectivity index (χ0n) is 15.8. The van der Waals surface area contributed by atoms with Crippen LogP contribution < -0.4 is 0 Å². The molecule has 0 N–H and O–H groups in total. The van der Waals surface area contributed by atoms with Crippen LogP contribution >= 0.6 is 27.7 Å². The van der Waals surface area contributed by atoms with Gasteiger partial charge in [-0.15, -0.1) is 11.8 Å². The number of hydrogen-bond donors (Lipinski definition) is 0. The van der Waals surface area contributed by atoms with Gasteiger partial charge < -0.3 is 4.74 Å². The van der Waals surface area contributed by atoms with Gasteiger partial charge in [0.25, 0.3) is 5.91 Å². The van der Waals surface area contributed by atoms with Crippen molar-refractivity contribution in [3.05, 3.63) is 69.9 Å². The van der Waals surface area contributed by atoms with E-state index in [1.807, 2.05) is 24.3 Å². The Morgan fingerprint density at radius 2 is 1.86 bits per heavy atom. The van der Waals surface area contributed by atoms with Crippen LogP contribution in [0.3, 0.4) is 0 Å². The second kappa shape index (κ2) is 10.0. The fraction of sp³-hybridized carbons (Fsp3) is 0.286. The van der Waals surface area contributed by atoms with Crippen molar-refractivity contribution in [1.82, 2.24) is 5.01 Å². The van der Waals surface area contributed by atoms with Crippen LogP contribution in [0.5, 0.6) is 0 Å². The van der Waals surface area contributed by atoms with E-state index in [0.29, 0.717) is 13.0 Å². The molecule has 1 atom stereocenters. The second-order valence-corrected chi connectivity index (χ2v) is 8.26. The molecule has 8 heteroatoms. The molecule has 0 unspecified atom stereocenters. The molecule has 0 aliphatic carbocycles. The smallest absolute Gasteiger partial charge is 0.315 e. The van der Waals surface area contributed by atoms with E-state index < -0.39 is 0 Å². The summed E-state index contributed by atoms with van der Waals surface area (Å²) in [4.78, 5) is 24.3. The van der Waals surface area contributed by atoms with Crippen LogP contribution in [0.2, 0.25) is 0 Å². The summed E-state index contributed by atoms with van der Waals surface area (Å²) in [6.07, 6.45) is 0.529. The highest BCUT2D eigenvalue weighted by molar-refractivity contribution is 9.10. The predicted octanol–water partition coefficient (Wildman–Crippen LogP) is 4.56. The number of amides is 1. The molecule has 1 heterocycles. The van der Waals surface area contributed by atoms with Gasteiger partial charge in [-0.3, -0.25) is 9.59 Å². The van der Waals surface area contributed by atoms with Crippen LogP contribution in [0.25, 0.3) is 0 Å². The summed E-state index contributed by atoms with van der Waals surface area (Å²) >= 11 is 4.61. The Balaban J connectivity index is 1.77. The van der Waals surface area contributed by atoms with E-state index in [-0.39, 0.29) is 35.2 Å². The number of carbonyl (C=O) groups is 2. The van der Waals surface area contributed by atoms with Crippen LogP contribution in [0.1, 0.15) is 30.5 Å². The van der Waals surface area contributed by atoms with Gasteiger partial charge in [0.15, 0.2) is 0 Å². The van der Waals surface area contributed by atoms with Crippen molar-refractivity contribution >= 4 is 45.3 Å². The maximum absolute atomic E-state index is 13.4. The van der Waals surface area contributed by atoms with E-state index in [2.05, 4.69) is 21.0 Å². The van der Waals surface area contributed by atoms with Crippen LogP contribution in [0, 0.1) is 5.82 Å². The van der Waals surface area contributed by atoms with Gasteiger partial charge in [0.2, 0.25) is 0 Å². The number of benzene rings is 2. The summed E-state index contributed by atoms with van der Waals surface area (Å²) in [5.74, 6) is -0.670.